The summed E-state index contributed by atoms with van der Waals surface area (Å²) in [5, 5.41) is 26.0. The van der Waals surface area contributed by atoms with E-state index in [2.05, 4.69) is 0 Å². The van der Waals surface area contributed by atoms with Crippen LogP contribution in [0.5, 0.6) is 0 Å². The van der Waals surface area contributed by atoms with Crippen LogP contribution in [0.3, 0.4) is 0 Å². The summed E-state index contributed by atoms with van der Waals surface area (Å²) >= 11 is 0. The normalized spacial score (nSPS) is 22.6. The molecule has 0 bridgehead atoms. The number of amides is 1. The van der Waals surface area contributed by atoms with Gasteiger partial charge in [-0.2, -0.15) is 0 Å². The maximum Gasteiger partial charge on any atom is 0.307 e. The lowest BCUT2D eigenvalue weighted by Crippen LogP contribution is -2.38. The minimum Gasteiger partial charge on any atom is -0.481 e. The first-order valence-corrected chi connectivity index (χ1v) is 7.90. The third-order valence-electron chi connectivity index (χ3n) is 4.21. The minimum atomic E-state index is -1.24. The number of carboxylic acids is 3. The summed E-state index contributed by atoms with van der Waals surface area (Å²) in [5.74, 6) is -7.06. The number of nitrogens with two attached hydrogens (primary N) is 2. The molecule has 142 valence electrons. The Kier molecular flexibility index (Phi) is 7.73. The zero-order valence-corrected chi connectivity index (χ0v) is 13.9. The molecule has 1 aromatic rings. The fraction of sp³-hybridized carbons (Fsp3) is 0.412. The first kappa shape index (κ1) is 21.1. The molecule has 2 rings (SSSR count). The number of rotatable bonds is 6. The number of carbonyl (C=O) groups is 4. The summed E-state index contributed by atoms with van der Waals surface area (Å²) in [6.45, 7) is 0. The highest BCUT2D eigenvalue weighted by atomic mass is 16.4. The second-order valence-corrected chi connectivity index (χ2v) is 6.09. The zero-order chi connectivity index (χ0) is 19.9. The van der Waals surface area contributed by atoms with Crippen molar-refractivity contribution in [2.45, 2.75) is 25.3 Å². The number of carboxylic acid groups (broad SMARTS) is 3. The molecule has 0 spiro atoms. The highest BCUT2D eigenvalue weighted by molar-refractivity contribution is 5.83. The van der Waals surface area contributed by atoms with E-state index in [0.717, 1.165) is 5.56 Å². The van der Waals surface area contributed by atoms with Crippen molar-refractivity contribution in [2.24, 2.45) is 29.2 Å². The van der Waals surface area contributed by atoms with Crippen LogP contribution in [-0.4, -0.2) is 45.2 Å². The summed E-state index contributed by atoms with van der Waals surface area (Å²) in [5.41, 5.74) is 11.5. The monoisotopic (exact) mass is 366 g/mol. The van der Waals surface area contributed by atoms with Gasteiger partial charge in [-0.15, -0.1) is 0 Å². The van der Waals surface area contributed by atoms with Crippen molar-refractivity contribution >= 4 is 23.8 Å². The number of primary amides is 1. The Labute approximate surface area is 149 Å². The van der Waals surface area contributed by atoms with Gasteiger partial charge in [-0.05, 0) is 24.8 Å². The molecule has 0 aromatic heterocycles. The zero-order valence-electron chi connectivity index (χ0n) is 13.9. The summed E-state index contributed by atoms with van der Waals surface area (Å²) < 4.78 is 0. The molecule has 1 saturated carbocycles. The van der Waals surface area contributed by atoms with Crippen molar-refractivity contribution in [2.75, 3.05) is 0 Å². The van der Waals surface area contributed by atoms with Crippen molar-refractivity contribution < 1.29 is 34.5 Å². The van der Waals surface area contributed by atoms with Gasteiger partial charge in [0, 0.05) is 0 Å². The topological polar surface area (TPSA) is 181 Å². The van der Waals surface area contributed by atoms with Crippen LogP contribution in [0.2, 0.25) is 0 Å². The second kappa shape index (κ2) is 9.52. The maximum atomic E-state index is 10.6. The molecule has 1 aliphatic carbocycles. The van der Waals surface area contributed by atoms with Gasteiger partial charge in [0.25, 0.3) is 0 Å². The van der Waals surface area contributed by atoms with Crippen LogP contribution in [-0.2, 0) is 25.6 Å². The molecule has 9 nitrogen and oxygen atoms in total. The molecule has 1 fully saturated rings. The fourth-order valence-electron chi connectivity index (χ4n) is 2.75. The van der Waals surface area contributed by atoms with Gasteiger partial charge in [0.15, 0.2) is 0 Å². The van der Waals surface area contributed by atoms with Gasteiger partial charge in [0.05, 0.1) is 23.8 Å². The SMILES string of the molecule is NC(=O)C(N)Cc1ccccc1.O=C(O)C1CC(C(=O)O)C(C(=O)O)C1. The summed E-state index contributed by atoms with van der Waals surface area (Å²) in [4.78, 5) is 42.4. The molecule has 0 aliphatic heterocycles. The molecule has 3 unspecified atom stereocenters. The van der Waals surface area contributed by atoms with Crippen molar-refractivity contribution in [3.05, 3.63) is 35.9 Å². The predicted octanol–water partition coefficient (Wildman–Crippen LogP) is -0.0757. The van der Waals surface area contributed by atoms with Gasteiger partial charge in [-0.3, -0.25) is 19.2 Å². The molecule has 1 aliphatic rings. The van der Waals surface area contributed by atoms with Gasteiger partial charge >= 0.3 is 17.9 Å². The predicted molar refractivity (Wildman–Crippen MR) is 89.9 cm³/mol. The standard InChI is InChI=1S/C9H12N2O.C8H10O6/c10-8(9(11)12)6-7-4-2-1-3-5-7;9-6(10)3-1-4(7(11)12)5(2-3)8(13)14/h1-5,8H,6,10H2,(H2,11,12);3-5H,1-2H2,(H,9,10)(H,11,12)(H,13,14). The smallest absolute Gasteiger partial charge is 0.307 e. The molecule has 0 heterocycles. The Morgan fingerprint density at radius 2 is 1.38 bits per heavy atom. The van der Waals surface area contributed by atoms with E-state index in [4.69, 9.17) is 26.8 Å². The van der Waals surface area contributed by atoms with E-state index in [0.29, 0.717) is 6.42 Å². The Morgan fingerprint density at radius 1 is 0.923 bits per heavy atom. The quantitative estimate of drug-likeness (QED) is 0.463. The van der Waals surface area contributed by atoms with Crippen LogP contribution in [0.4, 0.5) is 0 Å². The van der Waals surface area contributed by atoms with Crippen LogP contribution < -0.4 is 11.5 Å². The molecule has 9 heteroatoms. The second-order valence-electron chi connectivity index (χ2n) is 6.09. The number of aliphatic carboxylic acids is 3. The van der Waals surface area contributed by atoms with E-state index >= 15 is 0 Å². The van der Waals surface area contributed by atoms with Gasteiger partial charge < -0.3 is 26.8 Å². The van der Waals surface area contributed by atoms with Crippen LogP contribution >= 0.6 is 0 Å². The Morgan fingerprint density at radius 3 is 1.73 bits per heavy atom. The molecular weight excluding hydrogens is 344 g/mol. The Hall–Kier alpha value is -2.94. The largest absolute Gasteiger partial charge is 0.481 e. The average Bonchev–Trinajstić information content (AvgIpc) is 3.02. The number of benzene rings is 1. The lowest BCUT2D eigenvalue weighted by molar-refractivity contribution is -0.152. The van der Waals surface area contributed by atoms with Gasteiger partial charge in [-0.25, -0.2) is 0 Å². The summed E-state index contributed by atoms with van der Waals surface area (Å²) in [7, 11) is 0. The van der Waals surface area contributed by atoms with Crippen LogP contribution in [0.15, 0.2) is 30.3 Å². The van der Waals surface area contributed by atoms with Crippen molar-refractivity contribution in [3.8, 4) is 0 Å². The highest BCUT2D eigenvalue weighted by Crippen LogP contribution is 2.36. The summed E-state index contributed by atoms with van der Waals surface area (Å²) in [6.07, 6.45) is 0.319. The van der Waals surface area contributed by atoms with Gasteiger partial charge in [-0.1, -0.05) is 30.3 Å². The van der Waals surface area contributed by atoms with Crippen LogP contribution in [0.25, 0.3) is 0 Å². The number of hydrogen-bond donors (Lipinski definition) is 5. The van der Waals surface area contributed by atoms with E-state index in [9.17, 15) is 19.2 Å². The van der Waals surface area contributed by atoms with Gasteiger partial charge in [0.1, 0.15) is 0 Å². The van der Waals surface area contributed by atoms with Gasteiger partial charge in [0.2, 0.25) is 5.91 Å². The molecule has 0 radical (unpaired) electrons. The fourth-order valence-corrected chi connectivity index (χ4v) is 2.75. The maximum absolute atomic E-state index is 10.6. The molecule has 0 saturated heterocycles. The third kappa shape index (κ3) is 6.17. The first-order chi connectivity index (χ1) is 12.1. The summed E-state index contributed by atoms with van der Waals surface area (Å²) in [6, 6.07) is 8.99. The van der Waals surface area contributed by atoms with Crippen molar-refractivity contribution in [3.63, 3.8) is 0 Å². The van der Waals surface area contributed by atoms with Crippen molar-refractivity contribution in [1.29, 1.82) is 0 Å². The molecule has 1 aromatic carbocycles. The molecule has 7 N–H and O–H groups in total. The molecule has 26 heavy (non-hydrogen) atoms. The third-order valence-corrected chi connectivity index (χ3v) is 4.21. The van der Waals surface area contributed by atoms with E-state index in [-0.39, 0.29) is 12.8 Å². The van der Waals surface area contributed by atoms with Crippen LogP contribution in [0.1, 0.15) is 18.4 Å². The Balaban J connectivity index is 0.000000263. The molecular formula is C17H22N2O7. The number of carbonyl (C=O) groups excluding carboxylic acids is 1. The lowest BCUT2D eigenvalue weighted by atomic mass is 9.97. The number of hydrogen-bond acceptors (Lipinski definition) is 5. The van der Waals surface area contributed by atoms with E-state index in [1.165, 1.54) is 0 Å². The molecule has 1 amide bonds. The highest BCUT2D eigenvalue weighted by Gasteiger charge is 2.45. The first-order valence-electron chi connectivity index (χ1n) is 7.90. The van der Waals surface area contributed by atoms with Crippen LogP contribution in [0, 0.1) is 17.8 Å². The van der Waals surface area contributed by atoms with E-state index in [1.807, 2.05) is 30.3 Å². The minimum absolute atomic E-state index is 0.0956. The van der Waals surface area contributed by atoms with E-state index < -0.39 is 47.6 Å². The molecule has 3 atom stereocenters. The van der Waals surface area contributed by atoms with E-state index in [1.54, 1.807) is 0 Å². The average molecular weight is 366 g/mol. The Bertz CT molecular complexity index is 640. The van der Waals surface area contributed by atoms with Crippen molar-refractivity contribution in [1.82, 2.24) is 0 Å². The lowest BCUT2D eigenvalue weighted by Gasteiger charge is -2.08.